The highest BCUT2D eigenvalue weighted by molar-refractivity contribution is 7.99. The van der Waals surface area contributed by atoms with Gasteiger partial charge in [-0.1, -0.05) is 29.8 Å². The molecule has 1 aliphatic heterocycles. The van der Waals surface area contributed by atoms with Gasteiger partial charge in [-0.2, -0.15) is 5.26 Å². The van der Waals surface area contributed by atoms with E-state index >= 15 is 0 Å². The Morgan fingerprint density at radius 1 is 1.13 bits per heavy atom. The largest absolute Gasteiger partial charge is 0.338 e. The van der Waals surface area contributed by atoms with E-state index in [1.165, 1.54) is 0 Å². The Balaban J connectivity index is 1.75. The lowest BCUT2D eigenvalue weighted by molar-refractivity contribution is 0.0987. The van der Waals surface area contributed by atoms with Gasteiger partial charge in [-0.15, -0.1) is 16.1 Å². The van der Waals surface area contributed by atoms with Crippen LogP contribution in [0.3, 0.4) is 0 Å². The minimum atomic E-state index is -0.0610. The highest BCUT2D eigenvalue weighted by Gasteiger charge is 2.26. The quantitative estimate of drug-likeness (QED) is 0.638. The van der Waals surface area contributed by atoms with Crippen molar-refractivity contribution in [3.8, 4) is 17.9 Å². The van der Waals surface area contributed by atoms with Gasteiger partial charge in [0.1, 0.15) is 6.07 Å². The molecule has 7 heteroatoms. The molecule has 0 aliphatic carbocycles. The Hall–Kier alpha value is -3.81. The molecule has 1 aromatic heterocycles. The lowest BCUT2D eigenvalue weighted by atomic mass is 10.1. The summed E-state index contributed by atoms with van der Waals surface area (Å²) in [5.74, 6) is 6.40. The predicted octanol–water partition coefficient (Wildman–Crippen LogP) is 4.54. The van der Waals surface area contributed by atoms with Crippen LogP contribution in [-0.4, -0.2) is 22.6 Å². The third kappa shape index (κ3) is 3.71. The van der Waals surface area contributed by atoms with Gasteiger partial charge in [0, 0.05) is 15.5 Å². The minimum Gasteiger partial charge on any atom is -0.338 e. The minimum absolute atomic E-state index is 0.0610. The van der Waals surface area contributed by atoms with Crippen LogP contribution in [0.1, 0.15) is 28.5 Å². The van der Waals surface area contributed by atoms with Crippen LogP contribution in [0.4, 0.5) is 17.2 Å². The number of carbonyl (C=O) groups is 1. The first kappa shape index (κ1) is 19.5. The fourth-order valence-electron chi connectivity index (χ4n) is 3.12. The molecule has 0 atom stereocenters. The van der Waals surface area contributed by atoms with Gasteiger partial charge < -0.3 is 5.32 Å². The summed E-state index contributed by atoms with van der Waals surface area (Å²) < 4.78 is 0. The van der Waals surface area contributed by atoms with E-state index in [0.29, 0.717) is 17.9 Å². The molecule has 6 nitrogen and oxygen atoms in total. The van der Waals surface area contributed by atoms with E-state index in [0.717, 1.165) is 26.7 Å². The maximum absolute atomic E-state index is 13.2. The molecule has 4 rings (SSSR count). The van der Waals surface area contributed by atoms with E-state index in [1.807, 2.05) is 55.5 Å². The number of aryl methyl sites for hydroxylation is 1. The summed E-state index contributed by atoms with van der Waals surface area (Å²) in [5, 5.41) is 20.2. The fraction of sp³-hybridized carbons (Fsp3) is 0.130. The molecule has 0 saturated carbocycles. The van der Waals surface area contributed by atoms with Crippen LogP contribution < -0.4 is 10.2 Å². The number of amides is 1. The molecule has 1 amide bonds. The highest BCUT2D eigenvalue weighted by atomic mass is 32.2. The summed E-state index contributed by atoms with van der Waals surface area (Å²) in [4.78, 5) is 16.7. The summed E-state index contributed by atoms with van der Waals surface area (Å²) in [7, 11) is 0. The van der Waals surface area contributed by atoms with Crippen molar-refractivity contribution in [1.29, 1.82) is 5.26 Å². The lowest BCUT2D eigenvalue weighted by Gasteiger charge is -2.21. The van der Waals surface area contributed by atoms with Gasteiger partial charge in [-0.25, -0.2) is 0 Å². The molecule has 0 fully saturated rings. The molecule has 1 N–H and O–H groups in total. The second-order valence-corrected chi connectivity index (χ2v) is 7.68. The second kappa shape index (κ2) is 8.28. The van der Waals surface area contributed by atoms with Gasteiger partial charge in [0.2, 0.25) is 0 Å². The number of anilines is 3. The van der Waals surface area contributed by atoms with Gasteiger partial charge in [-0.3, -0.25) is 9.69 Å². The number of carbonyl (C=O) groups excluding carboxylic acids is 1. The van der Waals surface area contributed by atoms with Crippen molar-refractivity contribution in [3.63, 3.8) is 0 Å². The number of rotatable bonds is 3. The van der Waals surface area contributed by atoms with Crippen LogP contribution in [0.25, 0.3) is 0 Å². The monoisotopic (exact) mass is 411 g/mol. The standard InChI is InChI=1S/C23H17N5OS/c1-3-4-11-28-19-10-9-16(25-22-15(2)12-17(14-24)26-27-22)13-21(19)30-20-8-6-5-7-18(20)23(28)29/h5-10,12-13H,11H2,1-2H3,(H,25,27). The number of aromatic nitrogens is 2. The van der Waals surface area contributed by atoms with E-state index < -0.39 is 0 Å². The van der Waals surface area contributed by atoms with Gasteiger partial charge in [0.15, 0.2) is 11.5 Å². The number of nitrogens with zero attached hydrogens (tertiary/aromatic N) is 4. The SMILES string of the molecule is CC#CCN1C(=O)c2ccccc2Sc2cc(Nc3nnc(C#N)cc3C)ccc21. The van der Waals surface area contributed by atoms with Crippen molar-refractivity contribution < 1.29 is 4.79 Å². The topological polar surface area (TPSA) is 81.9 Å². The lowest BCUT2D eigenvalue weighted by Crippen LogP contribution is -2.31. The highest BCUT2D eigenvalue weighted by Crippen LogP contribution is 2.42. The van der Waals surface area contributed by atoms with E-state index in [1.54, 1.807) is 29.7 Å². The molecule has 0 spiro atoms. The first-order chi connectivity index (χ1) is 14.6. The summed E-state index contributed by atoms with van der Waals surface area (Å²) in [6.07, 6.45) is 0. The van der Waals surface area contributed by atoms with E-state index in [-0.39, 0.29) is 11.6 Å². The molecular formula is C23H17N5OS. The first-order valence-electron chi connectivity index (χ1n) is 9.24. The van der Waals surface area contributed by atoms with Crippen molar-refractivity contribution in [2.75, 3.05) is 16.8 Å². The number of benzene rings is 2. The summed E-state index contributed by atoms with van der Waals surface area (Å²) in [6.45, 7) is 3.96. The number of hydrogen-bond donors (Lipinski definition) is 1. The summed E-state index contributed by atoms with van der Waals surface area (Å²) in [6, 6.07) is 17.1. The third-order valence-electron chi connectivity index (χ3n) is 4.61. The molecule has 146 valence electrons. The average Bonchev–Trinajstić information content (AvgIpc) is 2.87. The Labute approximate surface area is 178 Å². The summed E-state index contributed by atoms with van der Waals surface area (Å²) >= 11 is 1.55. The van der Waals surface area contributed by atoms with Gasteiger partial charge in [0.25, 0.3) is 5.91 Å². The van der Waals surface area contributed by atoms with Crippen molar-refractivity contribution in [2.45, 2.75) is 23.6 Å². The number of hydrogen-bond acceptors (Lipinski definition) is 6. The van der Waals surface area contributed by atoms with Gasteiger partial charge >= 0.3 is 0 Å². The molecule has 1 aliphatic rings. The third-order valence-corrected chi connectivity index (χ3v) is 5.73. The van der Waals surface area contributed by atoms with Crippen LogP contribution >= 0.6 is 11.8 Å². The molecular weight excluding hydrogens is 394 g/mol. The van der Waals surface area contributed by atoms with Crippen molar-refractivity contribution in [2.24, 2.45) is 0 Å². The normalized spacial score (nSPS) is 12.0. The maximum atomic E-state index is 13.2. The van der Waals surface area contributed by atoms with Crippen LogP contribution in [0.2, 0.25) is 0 Å². The number of nitriles is 1. The number of nitrogens with one attached hydrogen (secondary N) is 1. The van der Waals surface area contributed by atoms with Crippen LogP contribution in [0.5, 0.6) is 0 Å². The zero-order valence-electron chi connectivity index (χ0n) is 16.4. The Bertz CT molecular complexity index is 1250. The van der Waals surface area contributed by atoms with E-state index in [9.17, 15) is 4.79 Å². The van der Waals surface area contributed by atoms with Crippen LogP contribution in [0, 0.1) is 30.1 Å². The Morgan fingerprint density at radius 3 is 2.73 bits per heavy atom. The fourth-order valence-corrected chi connectivity index (χ4v) is 4.23. The molecule has 30 heavy (non-hydrogen) atoms. The maximum Gasteiger partial charge on any atom is 0.260 e. The Kier molecular flexibility index (Phi) is 5.38. The van der Waals surface area contributed by atoms with Crippen molar-refractivity contribution >= 4 is 34.9 Å². The molecule has 3 aromatic rings. The average molecular weight is 411 g/mol. The summed E-state index contributed by atoms with van der Waals surface area (Å²) in [5.41, 5.74) is 3.40. The van der Waals surface area contributed by atoms with E-state index in [4.69, 9.17) is 5.26 Å². The molecule has 0 bridgehead atoms. The molecule has 2 heterocycles. The molecule has 0 unspecified atom stereocenters. The van der Waals surface area contributed by atoms with Gasteiger partial charge in [-0.05, 0) is 55.8 Å². The number of fused-ring (bicyclic) bond motifs is 2. The smallest absolute Gasteiger partial charge is 0.260 e. The molecule has 0 saturated heterocycles. The van der Waals surface area contributed by atoms with Crippen molar-refractivity contribution in [1.82, 2.24) is 10.2 Å². The van der Waals surface area contributed by atoms with Crippen LogP contribution in [-0.2, 0) is 0 Å². The first-order valence-corrected chi connectivity index (χ1v) is 10.1. The zero-order chi connectivity index (χ0) is 21.1. The zero-order valence-corrected chi connectivity index (χ0v) is 17.2. The predicted molar refractivity (Wildman–Crippen MR) is 117 cm³/mol. The molecule has 2 aromatic carbocycles. The van der Waals surface area contributed by atoms with Gasteiger partial charge in [0.05, 0.1) is 17.8 Å². The second-order valence-electron chi connectivity index (χ2n) is 6.60. The Morgan fingerprint density at radius 2 is 1.97 bits per heavy atom. The van der Waals surface area contributed by atoms with Crippen molar-refractivity contribution in [3.05, 3.63) is 65.4 Å². The van der Waals surface area contributed by atoms with E-state index in [2.05, 4.69) is 27.4 Å². The van der Waals surface area contributed by atoms with Crippen LogP contribution in [0.15, 0.2) is 58.3 Å². The molecule has 0 radical (unpaired) electrons.